The van der Waals surface area contributed by atoms with E-state index in [0.717, 1.165) is 5.75 Å². The first kappa shape index (κ1) is 10.8. The van der Waals surface area contributed by atoms with Crippen molar-refractivity contribution in [3.8, 4) is 0 Å². The number of hydrogen-bond donors (Lipinski definition) is 0. The molecule has 66 valence electrons. The molecule has 0 aliphatic carbocycles. The van der Waals surface area contributed by atoms with Crippen molar-refractivity contribution in [1.82, 2.24) is 0 Å². The van der Waals surface area contributed by atoms with E-state index in [1.54, 1.807) is 0 Å². The Kier molecular flexibility index (Phi) is 5.32. The molecule has 0 fully saturated rings. The molecule has 0 aromatic heterocycles. The van der Waals surface area contributed by atoms with E-state index in [4.69, 9.17) is 4.74 Å². The predicted octanol–water partition coefficient (Wildman–Crippen LogP) is -0.981. The van der Waals surface area contributed by atoms with Gasteiger partial charge in [0, 0.05) is 13.5 Å². The summed E-state index contributed by atoms with van der Waals surface area (Å²) in [7, 11) is 1.67. The zero-order valence-corrected chi connectivity index (χ0v) is 7.94. The number of methoxy groups -OCH3 is 1. The van der Waals surface area contributed by atoms with E-state index >= 15 is 0 Å². The molecule has 0 rings (SSSR count). The average Bonchev–Trinajstić information content (AvgIpc) is 1.87. The fourth-order valence-corrected chi connectivity index (χ4v) is 1.36. The quantitative estimate of drug-likeness (QED) is 0.508. The third-order valence-electron chi connectivity index (χ3n) is 1.34. The zero-order valence-electron chi connectivity index (χ0n) is 7.12. The maximum Gasteiger partial charge on any atom is 0.110 e. The van der Waals surface area contributed by atoms with E-state index in [1.807, 2.05) is 0 Å². The third kappa shape index (κ3) is 5.09. The number of hydrogen-bond acceptors (Lipinski definition) is 3. The Morgan fingerprint density at radius 3 is 2.45 bits per heavy atom. The van der Waals surface area contributed by atoms with Crippen molar-refractivity contribution in [2.75, 3.05) is 25.4 Å². The van der Waals surface area contributed by atoms with Crippen molar-refractivity contribution in [3.05, 3.63) is 0 Å². The van der Waals surface area contributed by atoms with Gasteiger partial charge in [0.05, 0.1) is 18.5 Å². The maximum atomic E-state index is 10.3. The van der Waals surface area contributed by atoms with Gasteiger partial charge in [-0.25, -0.2) is 0 Å². The molecule has 0 aromatic carbocycles. The van der Waals surface area contributed by atoms with E-state index < -0.39 is 12.1 Å². The number of carbonyl (C=O) groups is 1. The fourth-order valence-electron chi connectivity index (χ4n) is 0.675. The molecule has 0 saturated carbocycles. The number of carbonyl (C=O) groups excluding carboxylic acids is 1. The first-order valence-electron chi connectivity index (χ1n) is 3.35. The van der Waals surface area contributed by atoms with E-state index in [9.17, 15) is 9.90 Å². The van der Waals surface area contributed by atoms with Gasteiger partial charge in [-0.15, -0.1) is 0 Å². The van der Waals surface area contributed by atoms with Crippen LogP contribution >= 0.6 is 0 Å². The Morgan fingerprint density at radius 2 is 2.18 bits per heavy atom. The Morgan fingerprint density at radius 1 is 1.64 bits per heavy atom. The number of carboxylic acids is 1. The highest BCUT2D eigenvalue weighted by atomic mass is 32.2. The van der Waals surface area contributed by atoms with Crippen molar-refractivity contribution in [2.45, 2.75) is 12.5 Å². The van der Waals surface area contributed by atoms with Gasteiger partial charge < -0.3 is 14.6 Å². The molecule has 4 heteroatoms. The van der Waals surface area contributed by atoms with Gasteiger partial charge in [-0.3, -0.25) is 0 Å². The summed E-state index contributed by atoms with van der Waals surface area (Å²) in [4.78, 5) is 10.3. The molecule has 1 atom stereocenters. The monoisotopic (exact) mass is 178 g/mol. The molecule has 0 aliphatic heterocycles. The lowest BCUT2D eigenvalue weighted by atomic mass is 10.3. The van der Waals surface area contributed by atoms with Crippen LogP contribution in [-0.2, 0) is 20.4 Å². The van der Waals surface area contributed by atoms with Gasteiger partial charge in [0.15, 0.2) is 0 Å². The van der Waals surface area contributed by atoms with Crippen molar-refractivity contribution in [1.29, 1.82) is 0 Å². The summed E-state index contributed by atoms with van der Waals surface area (Å²) in [5.74, 6) is -0.232. The second kappa shape index (κ2) is 5.43. The molecule has 0 amide bonds. The van der Waals surface area contributed by atoms with Gasteiger partial charge in [0.25, 0.3) is 0 Å². The van der Waals surface area contributed by atoms with E-state index in [0.29, 0.717) is 6.42 Å². The molecule has 0 N–H and O–H groups in total. The van der Waals surface area contributed by atoms with Gasteiger partial charge in [0.1, 0.15) is 11.9 Å². The highest BCUT2D eigenvalue weighted by molar-refractivity contribution is 7.95. The van der Waals surface area contributed by atoms with Gasteiger partial charge in [-0.2, -0.15) is 0 Å². The van der Waals surface area contributed by atoms with Crippen LogP contribution in [0.15, 0.2) is 0 Å². The Balaban J connectivity index is 3.61. The van der Waals surface area contributed by atoms with Crippen LogP contribution in [0, 0.1) is 0 Å². The van der Waals surface area contributed by atoms with Crippen molar-refractivity contribution in [2.24, 2.45) is 0 Å². The molecule has 1 unspecified atom stereocenters. The van der Waals surface area contributed by atoms with Crippen LogP contribution in [0.25, 0.3) is 0 Å². The standard InChI is InChI=1S/C7H14O3S/c1-10-6(7(8)9)4-5-11(2)3/h6H,4-5H2,1-3H3. The van der Waals surface area contributed by atoms with Crippen LogP contribution in [0.3, 0.4) is 0 Å². The number of aliphatic carboxylic acids is 1. The Hall–Kier alpha value is -0.220. The molecular formula is C7H14O3S. The number of ether oxygens (including phenoxy) is 1. The van der Waals surface area contributed by atoms with Gasteiger partial charge >= 0.3 is 0 Å². The van der Waals surface area contributed by atoms with Crippen LogP contribution in [0.4, 0.5) is 0 Å². The largest absolute Gasteiger partial charge is 0.547 e. The fraction of sp³-hybridized carbons (Fsp3) is 0.857. The van der Waals surface area contributed by atoms with Crippen molar-refractivity contribution < 1.29 is 14.6 Å². The summed E-state index contributed by atoms with van der Waals surface area (Å²) < 4.78 is 4.70. The van der Waals surface area contributed by atoms with Gasteiger partial charge in [-0.05, 0) is 10.9 Å². The Bertz CT molecular complexity index is 125. The van der Waals surface area contributed by atoms with Crippen molar-refractivity contribution >= 4 is 16.9 Å². The minimum atomic E-state index is -1.11. The minimum Gasteiger partial charge on any atom is -0.547 e. The van der Waals surface area contributed by atoms with Crippen LogP contribution in [-0.4, -0.2) is 37.4 Å². The van der Waals surface area contributed by atoms with Crippen LogP contribution in [0.2, 0.25) is 0 Å². The molecule has 3 nitrogen and oxygen atoms in total. The van der Waals surface area contributed by atoms with Crippen LogP contribution in [0.1, 0.15) is 6.42 Å². The summed E-state index contributed by atoms with van der Waals surface area (Å²) >= 11 is 0. The predicted molar refractivity (Wildman–Crippen MR) is 44.5 cm³/mol. The highest BCUT2D eigenvalue weighted by Gasteiger charge is 2.12. The Labute approximate surface area is 70.1 Å². The normalized spacial score (nSPS) is 13.5. The molecule has 0 aromatic rings. The van der Waals surface area contributed by atoms with E-state index in [2.05, 4.69) is 12.5 Å². The highest BCUT2D eigenvalue weighted by Crippen LogP contribution is 1.98. The smallest absolute Gasteiger partial charge is 0.110 e. The van der Waals surface area contributed by atoms with E-state index in [-0.39, 0.29) is 10.9 Å². The first-order valence-corrected chi connectivity index (χ1v) is 5.56. The molecule has 11 heavy (non-hydrogen) atoms. The molecule has 0 saturated heterocycles. The van der Waals surface area contributed by atoms with Crippen LogP contribution < -0.4 is 5.11 Å². The van der Waals surface area contributed by atoms with E-state index in [1.165, 1.54) is 7.11 Å². The van der Waals surface area contributed by atoms with Gasteiger partial charge in [-0.1, -0.05) is 0 Å². The SMILES string of the molecule is COC(CC[S+](C)C)C(=O)[O-]. The van der Waals surface area contributed by atoms with Crippen LogP contribution in [0.5, 0.6) is 0 Å². The molecular weight excluding hydrogens is 164 g/mol. The second-order valence-electron chi connectivity index (χ2n) is 2.52. The third-order valence-corrected chi connectivity index (χ3v) is 2.39. The molecule has 0 spiro atoms. The summed E-state index contributed by atoms with van der Waals surface area (Å²) in [6, 6.07) is 0. The maximum absolute atomic E-state index is 10.3. The summed E-state index contributed by atoms with van der Waals surface area (Å²) in [5.41, 5.74) is 0. The first-order chi connectivity index (χ1) is 5.07. The molecule has 0 radical (unpaired) electrons. The summed E-state index contributed by atoms with van der Waals surface area (Å²) in [6.45, 7) is 0. The van der Waals surface area contributed by atoms with Gasteiger partial charge in [0.2, 0.25) is 0 Å². The average molecular weight is 178 g/mol. The summed E-state index contributed by atoms with van der Waals surface area (Å²) in [5, 5.41) is 10.3. The second-order valence-corrected chi connectivity index (χ2v) is 4.90. The topological polar surface area (TPSA) is 49.4 Å². The molecule has 0 bridgehead atoms. The molecule has 0 aliphatic rings. The number of carboxylic acid groups (broad SMARTS) is 1. The zero-order chi connectivity index (χ0) is 8.85. The molecule has 0 heterocycles. The van der Waals surface area contributed by atoms with Crippen molar-refractivity contribution in [3.63, 3.8) is 0 Å². The number of rotatable bonds is 5. The lowest BCUT2D eigenvalue weighted by Crippen LogP contribution is -2.37. The lowest BCUT2D eigenvalue weighted by Gasteiger charge is -2.14. The minimum absolute atomic E-state index is 0.275. The lowest BCUT2D eigenvalue weighted by molar-refractivity contribution is -0.315. The summed E-state index contributed by atoms with van der Waals surface area (Å²) in [6.07, 6.45) is 3.96.